The van der Waals surface area contributed by atoms with Crippen molar-refractivity contribution in [1.29, 1.82) is 0 Å². The molecule has 4 rings (SSSR count). The SMILES string of the molecule is Cc1ccc(OCCCCn2c(CNC(=O)c3cccc(Br)c3)nc3ccccc32)c(C)c1. The Balaban J connectivity index is 1.38. The van der Waals surface area contributed by atoms with Gasteiger partial charge in [0.25, 0.3) is 5.91 Å². The number of aryl methyl sites for hydroxylation is 3. The first-order valence-electron chi connectivity index (χ1n) is 11.2. The number of fused-ring (bicyclic) bond motifs is 1. The smallest absolute Gasteiger partial charge is 0.251 e. The summed E-state index contributed by atoms with van der Waals surface area (Å²) in [5.74, 6) is 1.69. The molecule has 0 saturated carbocycles. The normalized spacial score (nSPS) is 11.0. The largest absolute Gasteiger partial charge is 0.493 e. The summed E-state index contributed by atoms with van der Waals surface area (Å²) in [6, 6.07) is 21.7. The van der Waals surface area contributed by atoms with Crippen LogP contribution in [0.2, 0.25) is 0 Å². The number of aromatic nitrogens is 2. The Hall–Kier alpha value is -3.12. The first-order valence-corrected chi connectivity index (χ1v) is 12.0. The minimum absolute atomic E-state index is 0.114. The molecule has 0 aliphatic carbocycles. The average Bonchev–Trinajstić information content (AvgIpc) is 3.16. The van der Waals surface area contributed by atoms with Crippen molar-refractivity contribution in [2.75, 3.05) is 6.61 Å². The maximum atomic E-state index is 12.6. The lowest BCUT2D eigenvalue weighted by molar-refractivity contribution is 0.0949. The van der Waals surface area contributed by atoms with Crippen LogP contribution in [0.3, 0.4) is 0 Å². The molecule has 0 fully saturated rings. The predicted molar refractivity (Wildman–Crippen MR) is 136 cm³/mol. The van der Waals surface area contributed by atoms with Crippen molar-refractivity contribution in [1.82, 2.24) is 14.9 Å². The number of ether oxygens (including phenoxy) is 1. The Kier molecular flexibility index (Phi) is 7.45. The summed E-state index contributed by atoms with van der Waals surface area (Å²) in [7, 11) is 0. The third-order valence-corrected chi connectivity index (χ3v) is 6.08. The van der Waals surface area contributed by atoms with Gasteiger partial charge in [-0.15, -0.1) is 0 Å². The number of para-hydroxylation sites is 2. The van der Waals surface area contributed by atoms with Crippen LogP contribution in [-0.2, 0) is 13.1 Å². The van der Waals surface area contributed by atoms with Gasteiger partial charge in [0.15, 0.2) is 0 Å². The van der Waals surface area contributed by atoms with Gasteiger partial charge in [0.2, 0.25) is 0 Å². The highest BCUT2D eigenvalue weighted by Gasteiger charge is 2.12. The standard InChI is InChI=1S/C27H28BrN3O2/c1-19-12-13-25(20(2)16-19)33-15-6-5-14-31-24-11-4-3-10-23(24)30-26(31)18-29-27(32)21-8-7-9-22(28)17-21/h3-4,7-13,16-17H,5-6,14-15,18H2,1-2H3,(H,29,32). The lowest BCUT2D eigenvalue weighted by Gasteiger charge is -2.12. The molecule has 0 radical (unpaired) electrons. The zero-order valence-electron chi connectivity index (χ0n) is 19.0. The van der Waals surface area contributed by atoms with Crippen LogP contribution in [0.4, 0.5) is 0 Å². The van der Waals surface area contributed by atoms with Gasteiger partial charge in [0.1, 0.15) is 11.6 Å². The van der Waals surface area contributed by atoms with E-state index in [0.717, 1.165) is 46.5 Å². The van der Waals surface area contributed by atoms with Gasteiger partial charge in [0.05, 0.1) is 24.2 Å². The van der Waals surface area contributed by atoms with Crippen LogP contribution in [0.25, 0.3) is 11.0 Å². The summed E-state index contributed by atoms with van der Waals surface area (Å²) in [5.41, 5.74) is 5.05. The fourth-order valence-electron chi connectivity index (χ4n) is 3.92. The summed E-state index contributed by atoms with van der Waals surface area (Å²) in [6.45, 7) is 6.03. The van der Waals surface area contributed by atoms with Crippen molar-refractivity contribution in [3.8, 4) is 5.75 Å². The molecule has 1 N–H and O–H groups in total. The predicted octanol–water partition coefficient (Wildman–Crippen LogP) is 6.20. The molecule has 1 amide bonds. The number of carbonyl (C=O) groups is 1. The van der Waals surface area contributed by atoms with Crippen molar-refractivity contribution < 1.29 is 9.53 Å². The molecule has 0 atom stereocenters. The molecule has 33 heavy (non-hydrogen) atoms. The third-order valence-electron chi connectivity index (χ3n) is 5.59. The Morgan fingerprint density at radius 2 is 1.88 bits per heavy atom. The number of benzene rings is 3. The highest BCUT2D eigenvalue weighted by molar-refractivity contribution is 9.10. The monoisotopic (exact) mass is 505 g/mol. The third kappa shape index (κ3) is 5.82. The molecule has 0 saturated heterocycles. The lowest BCUT2D eigenvalue weighted by Crippen LogP contribution is -2.24. The van der Waals surface area contributed by atoms with Crippen LogP contribution < -0.4 is 10.1 Å². The van der Waals surface area contributed by atoms with Crippen LogP contribution >= 0.6 is 15.9 Å². The van der Waals surface area contributed by atoms with Gasteiger partial charge in [-0.3, -0.25) is 4.79 Å². The maximum absolute atomic E-state index is 12.6. The number of hydrogen-bond acceptors (Lipinski definition) is 3. The number of nitrogens with zero attached hydrogens (tertiary/aromatic N) is 2. The topological polar surface area (TPSA) is 56.1 Å². The zero-order chi connectivity index (χ0) is 23.2. The quantitative estimate of drug-likeness (QED) is 0.275. The van der Waals surface area contributed by atoms with E-state index in [2.05, 4.69) is 57.9 Å². The molecule has 6 heteroatoms. The fourth-order valence-corrected chi connectivity index (χ4v) is 4.32. The summed E-state index contributed by atoms with van der Waals surface area (Å²) in [6.07, 6.45) is 1.89. The van der Waals surface area contributed by atoms with Crippen LogP contribution in [0.1, 0.15) is 40.2 Å². The van der Waals surface area contributed by atoms with Gasteiger partial charge in [-0.25, -0.2) is 4.98 Å². The summed E-state index contributed by atoms with van der Waals surface area (Å²) < 4.78 is 9.06. The molecule has 1 aromatic heterocycles. The van der Waals surface area contributed by atoms with E-state index in [1.165, 1.54) is 11.1 Å². The summed E-state index contributed by atoms with van der Waals surface area (Å²) >= 11 is 3.42. The van der Waals surface area contributed by atoms with E-state index in [0.29, 0.717) is 18.7 Å². The maximum Gasteiger partial charge on any atom is 0.251 e. The molecule has 3 aromatic carbocycles. The minimum Gasteiger partial charge on any atom is -0.493 e. The van der Waals surface area contributed by atoms with E-state index in [4.69, 9.17) is 9.72 Å². The molecule has 0 aliphatic heterocycles. The molecule has 0 bridgehead atoms. The van der Waals surface area contributed by atoms with Crippen molar-refractivity contribution in [3.63, 3.8) is 0 Å². The Morgan fingerprint density at radius 1 is 1.03 bits per heavy atom. The number of amides is 1. The Bertz CT molecular complexity index is 1270. The Morgan fingerprint density at radius 3 is 2.70 bits per heavy atom. The van der Waals surface area contributed by atoms with E-state index in [-0.39, 0.29) is 5.91 Å². The minimum atomic E-state index is -0.114. The zero-order valence-corrected chi connectivity index (χ0v) is 20.6. The van der Waals surface area contributed by atoms with Gasteiger partial charge < -0.3 is 14.6 Å². The highest BCUT2D eigenvalue weighted by Crippen LogP contribution is 2.20. The van der Waals surface area contributed by atoms with Crippen LogP contribution in [0.15, 0.2) is 71.2 Å². The van der Waals surface area contributed by atoms with Gasteiger partial charge >= 0.3 is 0 Å². The first kappa shape index (κ1) is 23.1. The van der Waals surface area contributed by atoms with Gasteiger partial charge in [-0.05, 0) is 68.7 Å². The van der Waals surface area contributed by atoms with Crippen molar-refractivity contribution in [3.05, 3.63) is 93.7 Å². The molecule has 0 unspecified atom stereocenters. The van der Waals surface area contributed by atoms with E-state index in [1.54, 1.807) is 6.07 Å². The number of rotatable bonds is 9. The first-order chi connectivity index (χ1) is 16.0. The highest BCUT2D eigenvalue weighted by atomic mass is 79.9. The van der Waals surface area contributed by atoms with Crippen LogP contribution in [-0.4, -0.2) is 22.1 Å². The number of nitrogens with one attached hydrogen (secondary N) is 1. The molecule has 1 heterocycles. The van der Waals surface area contributed by atoms with Gasteiger partial charge in [0, 0.05) is 16.6 Å². The summed E-state index contributed by atoms with van der Waals surface area (Å²) in [5, 5.41) is 3.01. The molecular formula is C27H28BrN3O2. The molecule has 5 nitrogen and oxygen atoms in total. The molecule has 0 aliphatic rings. The van der Waals surface area contributed by atoms with E-state index < -0.39 is 0 Å². The van der Waals surface area contributed by atoms with E-state index in [9.17, 15) is 4.79 Å². The van der Waals surface area contributed by atoms with Crippen molar-refractivity contribution >= 4 is 32.9 Å². The van der Waals surface area contributed by atoms with E-state index in [1.807, 2.05) is 42.5 Å². The number of carbonyl (C=O) groups excluding carboxylic acids is 1. The second kappa shape index (κ2) is 10.7. The molecule has 4 aromatic rings. The van der Waals surface area contributed by atoms with Crippen LogP contribution in [0.5, 0.6) is 5.75 Å². The number of hydrogen-bond donors (Lipinski definition) is 1. The summed E-state index contributed by atoms with van der Waals surface area (Å²) in [4.78, 5) is 17.4. The molecular weight excluding hydrogens is 478 g/mol. The molecule has 170 valence electrons. The number of imidazole rings is 1. The second-order valence-corrected chi connectivity index (χ2v) is 9.10. The van der Waals surface area contributed by atoms with E-state index >= 15 is 0 Å². The number of unbranched alkanes of at least 4 members (excludes halogenated alkanes) is 1. The number of halogens is 1. The van der Waals surface area contributed by atoms with Crippen LogP contribution in [0, 0.1) is 13.8 Å². The van der Waals surface area contributed by atoms with Gasteiger partial charge in [-0.2, -0.15) is 0 Å². The van der Waals surface area contributed by atoms with Crippen molar-refractivity contribution in [2.45, 2.75) is 39.8 Å². The average molecular weight is 506 g/mol. The van der Waals surface area contributed by atoms with Crippen molar-refractivity contribution in [2.24, 2.45) is 0 Å². The van der Waals surface area contributed by atoms with Gasteiger partial charge in [-0.1, -0.05) is 51.8 Å². The fraction of sp³-hybridized carbons (Fsp3) is 0.259. The lowest BCUT2D eigenvalue weighted by atomic mass is 10.1. The Labute approximate surface area is 202 Å². The molecule has 0 spiro atoms. The second-order valence-electron chi connectivity index (χ2n) is 8.19.